The number of carbonyl (C=O) groups is 1. The molecule has 0 bridgehead atoms. The highest BCUT2D eigenvalue weighted by Gasteiger charge is 2.04. The van der Waals surface area contributed by atoms with Gasteiger partial charge in [0.15, 0.2) is 5.78 Å². The molecule has 0 saturated carbocycles. The van der Waals surface area contributed by atoms with Gasteiger partial charge in [0.1, 0.15) is 11.6 Å². The Morgan fingerprint density at radius 3 is 2.48 bits per heavy atom. The topological polar surface area (TPSA) is 68.0 Å². The van der Waals surface area contributed by atoms with Crippen LogP contribution in [0.2, 0.25) is 0 Å². The minimum Gasteiger partial charge on any atom is -0.399 e. The van der Waals surface area contributed by atoms with E-state index < -0.39 is 0 Å². The van der Waals surface area contributed by atoms with Crippen LogP contribution in [0.4, 0.5) is 21.6 Å². The number of hydrogen-bond acceptors (Lipinski definition) is 4. The van der Waals surface area contributed by atoms with Gasteiger partial charge in [-0.3, -0.25) is 4.79 Å². The minimum atomic E-state index is -0.305. The molecule has 3 aromatic rings. The van der Waals surface area contributed by atoms with E-state index >= 15 is 0 Å². The number of rotatable bonds is 5. The first kappa shape index (κ1) is 16.4. The molecule has 0 spiro atoms. The van der Waals surface area contributed by atoms with Crippen molar-refractivity contribution in [3.8, 4) is 0 Å². The fraction of sp³-hybridized carbons (Fsp3) is 0. The fourth-order valence-corrected chi connectivity index (χ4v) is 2.24. The van der Waals surface area contributed by atoms with Gasteiger partial charge in [-0.2, -0.15) is 0 Å². The van der Waals surface area contributed by atoms with E-state index in [9.17, 15) is 9.18 Å². The van der Waals surface area contributed by atoms with Crippen molar-refractivity contribution in [3.05, 3.63) is 89.9 Å². The van der Waals surface area contributed by atoms with Gasteiger partial charge in [-0.15, -0.1) is 0 Å². The number of aromatic nitrogens is 1. The number of benzene rings is 2. The summed E-state index contributed by atoms with van der Waals surface area (Å²) >= 11 is 0. The highest BCUT2D eigenvalue weighted by atomic mass is 19.1. The lowest BCUT2D eigenvalue weighted by molar-refractivity contribution is 0.104. The zero-order valence-electron chi connectivity index (χ0n) is 13.3. The number of hydrogen-bond donors (Lipinski definition) is 2. The van der Waals surface area contributed by atoms with E-state index in [0.29, 0.717) is 22.8 Å². The third kappa shape index (κ3) is 4.29. The molecule has 124 valence electrons. The molecule has 0 aliphatic rings. The quantitative estimate of drug-likeness (QED) is 0.411. The van der Waals surface area contributed by atoms with Crippen LogP contribution >= 0.6 is 0 Å². The van der Waals surface area contributed by atoms with E-state index in [1.807, 2.05) is 6.07 Å². The van der Waals surface area contributed by atoms with E-state index in [-0.39, 0.29) is 11.6 Å². The molecular formula is C20H16FN3O. The average Bonchev–Trinajstić information content (AvgIpc) is 2.63. The Labute approximate surface area is 144 Å². The lowest BCUT2D eigenvalue weighted by Crippen LogP contribution is -1.97. The Balaban J connectivity index is 1.79. The summed E-state index contributed by atoms with van der Waals surface area (Å²) in [6.45, 7) is 0. The lowest BCUT2D eigenvalue weighted by Gasteiger charge is -2.08. The zero-order chi connectivity index (χ0) is 17.6. The van der Waals surface area contributed by atoms with Crippen molar-refractivity contribution in [1.29, 1.82) is 0 Å². The molecule has 4 nitrogen and oxygen atoms in total. The predicted molar refractivity (Wildman–Crippen MR) is 98.1 cm³/mol. The average molecular weight is 333 g/mol. The van der Waals surface area contributed by atoms with Gasteiger partial charge in [0.25, 0.3) is 0 Å². The van der Waals surface area contributed by atoms with E-state index in [0.717, 1.165) is 5.56 Å². The van der Waals surface area contributed by atoms with Gasteiger partial charge in [-0.05, 0) is 72.8 Å². The van der Waals surface area contributed by atoms with Gasteiger partial charge in [0.2, 0.25) is 0 Å². The van der Waals surface area contributed by atoms with Crippen molar-refractivity contribution in [2.75, 3.05) is 11.1 Å². The molecule has 0 atom stereocenters. The van der Waals surface area contributed by atoms with E-state index in [1.165, 1.54) is 18.2 Å². The molecule has 3 rings (SSSR count). The molecule has 0 saturated heterocycles. The fourth-order valence-electron chi connectivity index (χ4n) is 2.24. The minimum absolute atomic E-state index is 0.128. The molecule has 3 N–H and O–H groups in total. The first-order valence-electron chi connectivity index (χ1n) is 7.67. The van der Waals surface area contributed by atoms with Crippen molar-refractivity contribution >= 4 is 29.1 Å². The number of pyridine rings is 1. The number of allylic oxidation sites excluding steroid dienone is 1. The van der Waals surface area contributed by atoms with Gasteiger partial charge in [-0.25, -0.2) is 9.37 Å². The molecule has 1 heterocycles. The monoisotopic (exact) mass is 333 g/mol. The summed E-state index contributed by atoms with van der Waals surface area (Å²) < 4.78 is 13.0. The van der Waals surface area contributed by atoms with E-state index in [1.54, 1.807) is 54.7 Å². The van der Waals surface area contributed by atoms with Crippen molar-refractivity contribution in [1.82, 2.24) is 4.98 Å². The van der Waals surface area contributed by atoms with Crippen LogP contribution in [0, 0.1) is 5.82 Å². The summed E-state index contributed by atoms with van der Waals surface area (Å²) in [5.74, 6) is 0.146. The Bertz CT molecular complexity index is 903. The van der Waals surface area contributed by atoms with Crippen LogP contribution in [-0.4, -0.2) is 10.8 Å². The second-order valence-corrected chi connectivity index (χ2v) is 5.39. The first-order valence-corrected chi connectivity index (χ1v) is 7.67. The maximum atomic E-state index is 13.0. The number of carbonyl (C=O) groups excluding carboxylic acids is 1. The number of halogens is 1. The summed E-state index contributed by atoms with van der Waals surface area (Å²) in [6, 6.07) is 16.3. The molecule has 1 aromatic heterocycles. The van der Waals surface area contributed by atoms with Crippen LogP contribution in [-0.2, 0) is 0 Å². The summed E-state index contributed by atoms with van der Waals surface area (Å²) in [5, 5.41) is 3.11. The van der Waals surface area contributed by atoms with Crippen LogP contribution in [0.25, 0.3) is 6.08 Å². The second-order valence-electron chi connectivity index (χ2n) is 5.39. The highest BCUT2D eigenvalue weighted by molar-refractivity contribution is 6.07. The van der Waals surface area contributed by atoms with E-state index in [2.05, 4.69) is 10.3 Å². The third-order valence-corrected chi connectivity index (χ3v) is 3.56. The Morgan fingerprint density at radius 1 is 1.04 bits per heavy atom. The zero-order valence-corrected chi connectivity index (χ0v) is 13.3. The number of nitrogen functional groups attached to an aromatic ring is 1. The number of nitrogens with two attached hydrogens (primary N) is 1. The van der Waals surface area contributed by atoms with Crippen LogP contribution in [0.5, 0.6) is 0 Å². The number of nitrogens with zero attached hydrogens (tertiary/aromatic N) is 1. The maximum Gasteiger partial charge on any atom is 0.185 e. The van der Waals surface area contributed by atoms with E-state index in [4.69, 9.17) is 5.73 Å². The van der Waals surface area contributed by atoms with Gasteiger partial charge >= 0.3 is 0 Å². The van der Waals surface area contributed by atoms with Crippen LogP contribution in [0.1, 0.15) is 15.9 Å². The Hall–Kier alpha value is -3.47. The normalized spacial score (nSPS) is 10.8. The molecule has 0 aliphatic heterocycles. The predicted octanol–water partition coefficient (Wildman–Crippen LogP) is 4.44. The van der Waals surface area contributed by atoms with Crippen molar-refractivity contribution < 1.29 is 9.18 Å². The van der Waals surface area contributed by atoms with Crippen molar-refractivity contribution in [3.63, 3.8) is 0 Å². The van der Waals surface area contributed by atoms with Gasteiger partial charge in [0, 0.05) is 28.7 Å². The molecule has 0 radical (unpaired) electrons. The van der Waals surface area contributed by atoms with Crippen LogP contribution < -0.4 is 11.1 Å². The maximum absolute atomic E-state index is 13.0. The summed E-state index contributed by atoms with van der Waals surface area (Å²) in [5.41, 5.74) is 8.25. The third-order valence-electron chi connectivity index (χ3n) is 3.56. The standard InChI is InChI=1S/C20H16FN3O/c21-16-6-10-18(11-7-16)24-20-15(2-1-13-23-20)5-12-19(25)14-3-8-17(22)9-4-14/h1-13H,22H2,(H,23,24)/b12-5+. The Morgan fingerprint density at radius 2 is 1.76 bits per heavy atom. The van der Waals surface area contributed by atoms with Gasteiger partial charge in [-0.1, -0.05) is 0 Å². The molecule has 0 unspecified atom stereocenters. The molecule has 2 aromatic carbocycles. The summed E-state index contributed by atoms with van der Waals surface area (Å²) in [7, 11) is 0. The molecule has 0 aliphatic carbocycles. The highest BCUT2D eigenvalue weighted by Crippen LogP contribution is 2.20. The largest absolute Gasteiger partial charge is 0.399 e. The number of nitrogens with one attached hydrogen (secondary N) is 1. The second kappa shape index (κ2) is 7.40. The SMILES string of the molecule is Nc1ccc(C(=O)/C=C/c2cccnc2Nc2ccc(F)cc2)cc1. The van der Waals surface area contributed by atoms with Crippen molar-refractivity contribution in [2.45, 2.75) is 0 Å². The molecule has 0 fully saturated rings. The summed E-state index contributed by atoms with van der Waals surface area (Å²) in [6.07, 6.45) is 4.82. The van der Waals surface area contributed by atoms with Crippen LogP contribution in [0.15, 0.2) is 72.9 Å². The number of ketones is 1. The van der Waals surface area contributed by atoms with Crippen molar-refractivity contribution in [2.24, 2.45) is 0 Å². The molecule has 5 heteroatoms. The molecular weight excluding hydrogens is 317 g/mol. The lowest BCUT2D eigenvalue weighted by atomic mass is 10.1. The molecule has 0 amide bonds. The smallest absolute Gasteiger partial charge is 0.185 e. The summed E-state index contributed by atoms with van der Waals surface area (Å²) in [4.78, 5) is 16.5. The molecule has 25 heavy (non-hydrogen) atoms. The van der Waals surface area contributed by atoms with Gasteiger partial charge < -0.3 is 11.1 Å². The van der Waals surface area contributed by atoms with Gasteiger partial charge in [0.05, 0.1) is 0 Å². The first-order chi connectivity index (χ1) is 12.1. The Kier molecular flexibility index (Phi) is 4.85. The van der Waals surface area contributed by atoms with Crippen LogP contribution in [0.3, 0.4) is 0 Å². The number of anilines is 3.